The fourth-order valence-electron chi connectivity index (χ4n) is 1.63. The van der Waals surface area contributed by atoms with E-state index in [1.54, 1.807) is 37.4 Å². The van der Waals surface area contributed by atoms with Crippen LogP contribution in [0.5, 0.6) is 5.75 Å². The molecule has 90 valence electrons. The van der Waals surface area contributed by atoms with Crippen molar-refractivity contribution in [1.29, 1.82) is 0 Å². The molecule has 2 rings (SSSR count). The van der Waals surface area contributed by atoms with Crippen LogP contribution in [0.4, 0.5) is 0 Å². The van der Waals surface area contributed by atoms with E-state index in [1.165, 1.54) is 0 Å². The van der Waals surface area contributed by atoms with E-state index >= 15 is 0 Å². The number of rotatable bonds is 3. The normalized spacial score (nSPS) is 12.5. The standard InChI is InChI=1S/C11H12BrN3O2/c1-15-10(9(17-2)6-14-15)11(16)7-3-8(12)5-13-4-7/h3-6,11,16H,1-2H3. The second-order valence-electron chi connectivity index (χ2n) is 3.56. The molecule has 0 aliphatic heterocycles. The summed E-state index contributed by atoms with van der Waals surface area (Å²) in [7, 11) is 3.30. The first kappa shape index (κ1) is 12.1. The summed E-state index contributed by atoms with van der Waals surface area (Å²) in [5, 5.41) is 14.4. The fraction of sp³-hybridized carbons (Fsp3) is 0.273. The van der Waals surface area contributed by atoms with Gasteiger partial charge in [0.2, 0.25) is 0 Å². The van der Waals surface area contributed by atoms with Gasteiger partial charge in [-0.2, -0.15) is 5.10 Å². The predicted molar refractivity (Wildman–Crippen MR) is 65.8 cm³/mol. The molecule has 1 atom stereocenters. The van der Waals surface area contributed by atoms with Gasteiger partial charge in [0.1, 0.15) is 11.8 Å². The van der Waals surface area contributed by atoms with Gasteiger partial charge >= 0.3 is 0 Å². The number of aliphatic hydroxyl groups is 1. The van der Waals surface area contributed by atoms with Gasteiger partial charge in [-0.15, -0.1) is 0 Å². The lowest BCUT2D eigenvalue weighted by atomic mass is 10.1. The molecule has 2 aromatic heterocycles. The lowest BCUT2D eigenvalue weighted by Gasteiger charge is -2.13. The maximum absolute atomic E-state index is 10.3. The SMILES string of the molecule is COc1cnn(C)c1C(O)c1cncc(Br)c1. The van der Waals surface area contributed by atoms with Crippen molar-refractivity contribution in [2.75, 3.05) is 7.11 Å². The minimum absolute atomic E-state index is 0.556. The monoisotopic (exact) mass is 297 g/mol. The van der Waals surface area contributed by atoms with Crippen LogP contribution in [0.1, 0.15) is 17.4 Å². The molecule has 0 aliphatic rings. The lowest BCUT2D eigenvalue weighted by Crippen LogP contribution is -2.08. The molecule has 0 saturated heterocycles. The van der Waals surface area contributed by atoms with Crippen LogP contribution < -0.4 is 4.74 Å². The Morgan fingerprint density at radius 3 is 2.82 bits per heavy atom. The van der Waals surface area contributed by atoms with Crippen molar-refractivity contribution < 1.29 is 9.84 Å². The van der Waals surface area contributed by atoms with Crippen LogP contribution >= 0.6 is 15.9 Å². The van der Waals surface area contributed by atoms with Crippen LogP contribution in [-0.2, 0) is 7.05 Å². The third-order valence-corrected chi connectivity index (χ3v) is 2.90. The zero-order chi connectivity index (χ0) is 12.4. The minimum atomic E-state index is -0.817. The number of hydrogen-bond acceptors (Lipinski definition) is 4. The first-order valence-electron chi connectivity index (χ1n) is 4.98. The van der Waals surface area contributed by atoms with Gasteiger partial charge < -0.3 is 9.84 Å². The molecule has 0 bridgehead atoms. The average Bonchev–Trinajstić information content (AvgIpc) is 2.69. The molecular weight excluding hydrogens is 286 g/mol. The molecule has 0 aromatic carbocycles. The molecule has 0 saturated carbocycles. The van der Waals surface area contributed by atoms with E-state index in [-0.39, 0.29) is 0 Å². The smallest absolute Gasteiger partial charge is 0.162 e. The highest BCUT2D eigenvalue weighted by Gasteiger charge is 2.20. The molecule has 2 aromatic rings. The Kier molecular flexibility index (Phi) is 3.44. The van der Waals surface area contributed by atoms with Crippen LogP contribution in [0.15, 0.2) is 29.1 Å². The van der Waals surface area contributed by atoms with Gasteiger partial charge in [-0.05, 0) is 22.0 Å². The van der Waals surface area contributed by atoms with E-state index in [4.69, 9.17) is 4.74 Å². The van der Waals surface area contributed by atoms with E-state index in [0.29, 0.717) is 17.0 Å². The number of methoxy groups -OCH3 is 1. The number of hydrogen-bond donors (Lipinski definition) is 1. The summed E-state index contributed by atoms with van der Waals surface area (Å²) in [6.07, 6.45) is 4.03. The van der Waals surface area contributed by atoms with Crippen LogP contribution in [0.3, 0.4) is 0 Å². The summed E-state index contributed by atoms with van der Waals surface area (Å²) in [5.74, 6) is 0.556. The molecule has 17 heavy (non-hydrogen) atoms. The van der Waals surface area contributed by atoms with Gasteiger partial charge in [-0.3, -0.25) is 9.67 Å². The Bertz CT molecular complexity index is 527. The Hall–Kier alpha value is -1.40. The maximum Gasteiger partial charge on any atom is 0.162 e. The lowest BCUT2D eigenvalue weighted by molar-refractivity contribution is 0.204. The van der Waals surface area contributed by atoms with Gasteiger partial charge in [0.05, 0.1) is 13.3 Å². The highest BCUT2D eigenvalue weighted by Crippen LogP contribution is 2.29. The van der Waals surface area contributed by atoms with Gasteiger partial charge in [-0.25, -0.2) is 0 Å². The minimum Gasteiger partial charge on any atom is -0.493 e. The molecule has 0 radical (unpaired) electrons. The molecular formula is C11H12BrN3O2. The van der Waals surface area contributed by atoms with E-state index in [9.17, 15) is 5.11 Å². The number of aliphatic hydroxyl groups excluding tert-OH is 1. The first-order chi connectivity index (χ1) is 8.13. The van der Waals surface area contributed by atoms with E-state index < -0.39 is 6.10 Å². The number of halogens is 1. The Labute approximate surface area is 107 Å². The van der Waals surface area contributed by atoms with Crippen LogP contribution in [-0.4, -0.2) is 27.0 Å². The van der Waals surface area contributed by atoms with Crippen molar-refractivity contribution >= 4 is 15.9 Å². The molecule has 0 amide bonds. The second-order valence-corrected chi connectivity index (χ2v) is 4.48. The van der Waals surface area contributed by atoms with E-state index in [0.717, 1.165) is 4.47 Å². The summed E-state index contributed by atoms with van der Waals surface area (Å²) in [6, 6.07) is 1.81. The molecule has 6 heteroatoms. The Morgan fingerprint density at radius 2 is 2.18 bits per heavy atom. The summed E-state index contributed by atoms with van der Waals surface area (Å²) in [4.78, 5) is 4.02. The number of pyridine rings is 1. The van der Waals surface area contributed by atoms with Crippen molar-refractivity contribution in [1.82, 2.24) is 14.8 Å². The van der Waals surface area contributed by atoms with Crippen molar-refractivity contribution in [3.63, 3.8) is 0 Å². The number of aryl methyl sites for hydroxylation is 1. The zero-order valence-electron chi connectivity index (χ0n) is 9.46. The molecule has 1 N–H and O–H groups in total. The second kappa shape index (κ2) is 4.85. The van der Waals surface area contributed by atoms with Crippen LogP contribution in [0.25, 0.3) is 0 Å². The zero-order valence-corrected chi connectivity index (χ0v) is 11.0. The summed E-state index contributed by atoms with van der Waals surface area (Å²) in [6.45, 7) is 0. The molecule has 0 spiro atoms. The molecule has 2 heterocycles. The van der Waals surface area contributed by atoms with Gasteiger partial charge in [0.25, 0.3) is 0 Å². The summed E-state index contributed by atoms with van der Waals surface area (Å²) >= 11 is 3.32. The molecule has 5 nitrogen and oxygen atoms in total. The maximum atomic E-state index is 10.3. The number of aromatic nitrogens is 3. The molecule has 1 unspecified atom stereocenters. The molecule has 0 fully saturated rings. The van der Waals surface area contributed by atoms with Crippen LogP contribution in [0.2, 0.25) is 0 Å². The van der Waals surface area contributed by atoms with Crippen molar-refractivity contribution in [2.24, 2.45) is 7.05 Å². The van der Waals surface area contributed by atoms with Gasteiger partial charge in [0, 0.05) is 29.5 Å². The van der Waals surface area contributed by atoms with Crippen molar-refractivity contribution in [2.45, 2.75) is 6.10 Å². The van der Waals surface area contributed by atoms with Gasteiger partial charge in [-0.1, -0.05) is 0 Å². The highest BCUT2D eigenvalue weighted by atomic mass is 79.9. The number of ether oxygens (including phenoxy) is 1. The Balaban J connectivity index is 2.43. The van der Waals surface area contributed by atoms with Crippen molar-refractivity contribution in [3.8, 4) is 5.75 Å². The first-order valence-corrected chi connectivity index (χ1v) is 5.77. The van der Waals surface area contributed by atoms with Gasteiger partial charge in [0.15, 0.2) is 5.75 Å². The van der Waals surface area contributed by atoms with Crippen molar-refractivity contribution in [3.05, 3.63) is 40.4 Å². The van der Waals surface area contributed by atoms with Crippen LogP contribution in [0, 0.1) is 0 Å². The summed E-state index contributed by atoms with van der Waals surface area (Å²) in [5.41, 5.74) is 1.29. The third-order valence-electron chi connectivity index (χ3n) is 2.47. The van der Waals surface area contributed by atoms with E-state index in [2.05, 4.69) is 26.0 Å². The fourth-order valence-corrected chi connectivity index (χ4v) is 2.01. The van der Waals surface area contributed by atoms with E-state index in [1.807, 2.05) is 6.07 Å². The topological polar surface area (TPSA) is 60.2 Å². The summed E-state index contributed by atoms with van der Waals surface area (Å²) < 4.78 is 7.57. The average molecular weight is 298 g/mol. The number of nitrogens with zero attached hydrogens (tertiary/aromatic N) is 3. The Morgan fingerprint density at radius 1 is 1.41 bits per heavy atom. The third kappa shape index (κ3) is 2.32. The highest BCUT2D eigenvalue weighted by molar-refractivity contribution is 9.10. The largest absolute Gasteiger partial charge is 0.493 e. The quantitative estimate of drug-likeness (QED) is 0.936. The predicted octanol–water partition coefficient (Wildman–Crippen LogP) is 1.67. The molecule has 0 aliphatic carbocycles.